The lowest BCUT2D eigenvalue weighted by Gasteiger charge is -2.08. The fourth-order valence-corrected chi connectivity index (χ4v) is 1.94. The molecular formula is C14H13N5O2. The minimum atomic E-state index is -0.407. The van der Waals surface area contributed by atoms with Crippen LogP contribution in [0, 0.1) is 35.3 Å². The number of aromatic nitrogens is 2. The van der Waals surface area contributed by atoms with Gasteiger partial charge in [0.05, 0.1) is 4.92 Å². The van der Waals surface area contributed by atoms with Crippen LogP contribution in [0.15, 0.2) is 24.3 Å². The summed E-state index contributed by atoms with van der Waals surface area (Å²) in [6.45, 7) is 3.82. The van der Waals surface area contributed by atoms with E-state index in [9.17, 15) is 10.1 Å². The predicted molar refractivity (Wildman–Crippen MR) is 76.6 cm³/mol. The molecule has 0 aliphatic rings. The van der Waals surface area contributed by atoms with Crippen LogP contribution in [-0.4, -0.2) is 14.9 Å². The largest absolute Gasteiger partial charge is 0.350 e. The number of nitrogens with zero attached hydrogens (tertiary/aromatic N) is 4. The molecule has 21 heavy (non-hydrogen) atoms. The number of aryl methyl sites for hydroxylation is 1. The standard InChI is InChI=1S/C14H13N5O2/c1-9-6-12(7-15)18-14(17-9)16-8-11-4-3-5-13(10(11)2)19(20)21/h3-6H,8H2,1-2H3,(H,16,17,18). The van der Waals surface area contributed by atoms with Crippen molar-refractivity contribution in [2.75, 3.05) is 5.32 Å². The molecule has 0 aliphatic heterocycles. The molecule has 2 aromatic rings. The van der Waals surface area contributed by atoms with Crippen molar-refractivity contribution in [2.45, 2.75) is 20.4 Å². The molecule has 0 radical (unpaired) electrons. The molecule has 7 nitrogen and oxygen atoms in total. The topological polar surface area (TPSA) is 105 Å². The maximum atomic E-state index is 10.9. The minimum Gasteiger partial charge on any atom is -0.350 e. The SMILES string of the molecule is Cc1cc(C#N)nc(NCc2cccc([N+](=O)[O-])c2C)n1. The van der Waals surface area contributed by atoms with Crippen LogP contribution >= 0.6 is 0 Å². The summed E-state index contributed by atoms with van der Waals surface area (Å²) in [7, 11) is 0. The molecule has 0 fully saturated rings. The van der Waals surface area contributed by atoms with E-state index in [1.807, 2.05) is 6.07 Å². The third kappa shape index (κ3) is 3.30. The number of nitro benzene ring substituents is 1. The fourth-order valence-electron chi connectivity index (χ4n) is 1.94. The van der Waals surface area contributed by atoms with Crippen LogP contribution in [0.1, 0.15) is 22.5 Å². The molecule has 106 valence electrons. The summed E-state index contributed by atoms with van der Waals surface area (Å²) in [4.78, 5) is 18.7. The van der Waals surface area contributed by atoms with E-state index >= 15 is 0 Å². The van der Waals surface area contributed by atoms with E-state index in [1.54, 1.807) is 32.0 Å². The monoisotopic (exact) mass is 283 g/mol. The zero-order chi connectivity index (χ0) is 15.4. The van der Waals surface area contributed by atoms with Crippen LogP contribution in [0.2, 0.25) is 0 Å². The first-order valence-corrected chi connectivity index (χ1v) is 6.24. The van der Waals surface area contributed by atoms with Crippen molar-refractivity contribution in [3.63, 3.8) is 0 Å². The number of anilines is 1. The summed E-state index contributed by atoms with van der Waals surface area (Å²) in [5.41, 5.74) is 2.42. The number of hydrogen-bond donors (Lipinski definition) is 1. The van der Waals surface area contributed by atoms with Crippen molar-refractivity contribution in [3.05, 3.63) is 56.9 Å². The van der Waals surface area contributed by atoms with Crippen molar-refractivity contribution >= 4 is 11.6 Å². The van der Waals surface area contributed by atoms with Gasteiger partial charge in [0.2, 0.25) is 5.95 Å². The Morgan fingerprint density at radius 3 is 2.81 bits per heavy atom. The van der Waals surface area contributed by atoms with Crippen LogP contribution in [0.5, 0.6) is 0 Å². The van der Waals surface area contributed by atoms with Crippen LogP contribution in [0.3, 0.4) is 0 Å². The molecule has 2 rings (SSSR count). The van der Waals surface area contributed by atoms with Gasteiger partial charge in [0.1, 0.15) is 11.8 Å². The first kappa shape index (κ1) is 14.4. The van der Waals surface area contributed by atoms with Gasteiger partial charge in [-0.15, -0.1) is 0 Å². The normalized spacial score (nSPS) is 9.95. The molecule has 0 saturated heterocycles. The lowest BCUT2D eigenvalue weighted by Crippen LogP contribution is -2.07. The van der Waals surface area contributed by atoms with Gasteiger partial charge in [-0.2, -0.15) is 5.26 Å². The summed E-state index contributed by atoms with van der Waals surface area (Å²) in [6.07, 6.45) is 0. The molecule has 0 aliphatic carbocycles. The van der Waals surface area contributed by atoms with Gasteiger partial charge in [-0.3, -0.25) is 10.1 Å². The van der Waals surface area contributed by atoms with Gasteiger partial charge < -0.3 is 5.32 Å². The van der Waals surface area contributed by atoms with Gasteiger partial charge in [-0.1, -0.05) is 12.1 Å². The number of hydrogen-bond acceptors (Lipinski definition) is 6. The van der Waals surface area contributed by atoms with Crippen molar-refractivity contribution in [3.8, 4) is 6.07 Å². The second-order valence-corrected chi connectivity index (χ2v) is 4.50. The van der Waals surface area contributed by atoms with E-state index in [4.69, 9.17) is 5.26 Å². The van der Waals surface area contributed by atoms with Gasteiger partial charge in [0, 0.05) is 23.9 Å². The highest BCUT2D eigenvalue weighted by Gasteiger charge is 2.13. The van der Waals surface area contributed by atoms with Gasteiger partial charge in [-0.25, -0.2) is 9.97 Å². The number of nitrogens with one attached hydrogen (secondary N) is 1. The molecule has 0 amide bonds. The predicted octanol–water partition coefficient (Wildman–Crippen LogP) is 2.49. The molecule has 0 bridgehead atoms. The number of benzene rings is 1. The Morgan fingerprint density at radius 2 is 2.14 bits per heavy atom. The lowest BCUT2D eigenvalue weighted by molar-refractivity contribution is -0.385. The van der Waals surface area contributed by atoms with E-state index in [1.165, 1.54) is 6.07 Å². The van der Waals surface area contributed by atoms with Crippen molar-refractivity contribution in [1.29, 1.82) is 5.26 Å². The smallest absolute Gasteiger partial charge is 0.272 e. The van der Waals surface area contributed by atoms with Crippen molar-refractivity contribution in [1.82, 2.24) is 9.97 Å². The molecule has 1 aromatic carbocycles. The van der Waals surface area contributed by atoms with E-state index in [2.05, 4.69) is 15.3 Å². The maximum absolute atomic E-state index is 10.9. The second-order valence-electron chi connectivity index (χ2n) is 4.50. The van der Waals surface area contributed by atoms with Crippen molar-refractivity contribution in [2.24, 2.45) is 0 Å². The van der Waals surface area contributed by atoms with E-state index in [0.29, 0.717) is 23.8 Å². The van der Waals surface area contributed by atoms with E-state index in [-0.39, 0.29) is 11.4 Å². The van der Waals surface area contributed by atoms with Crippen LogP contribution in [0.25, 0.3) is 0 Å². The summed E-state index contributed by atoms with van der Waals surface area (Å²) < 4.78 is 0. The Balaban J connectivity index is 2.21. The highest BCUT2D eigenvalue weighted by Crippen LogP contribution is 2.21. The summed E-state index contributed by atoms with van der Waals surface area (Å²) in [6, 6.07) is 8.46. The first-order chi connectivity index (χ1) is 10.0. The molecular weight excluding hydrogens is 270 g/mol. The number of rotatable bonds is 4. The van der Waals surface area contributed by atoms with Gasteiger partial charge in [0.25, 0.3) is 5.69 Å². The van der Waals surface area contributed by atoms with Crippen LogP contribution in [0.4, 0.5) is 11.6 Å². The maximum Gasteiger partial charge on any atom is 0.272 e. The molecule has 0 saturated carbocycles. The highest BCUT2D eigenvalue weighted by molar-refractivity contribution is 5.46. The number of nitriles is 1. The summed E-state index contributed by atoms with van der Waals surface area (Å²) in [5.74, 6) is 0.331. The number of nitro groups is 1. The van der Waals surface area contributed by atoms with Crippen molar-refractivity contribution < 1.29 is 4.92 Å². The molecule has 0 spiro atoms. The second kappa shape index (κ2) is 5.96. The summed E-state index contributed by atoms with van der Waals surface area (Å²) >= 11 is 0. The molecule has 0 unspecified atom stereocenters. The minimum absolute atomic E-state index is 0.0807. The Labute approximate surface area is 121 Å². The first-order valence-electron chi connectivity index (χ1n) is 6.24. The highest BCUT2D eigenvalue weighted by atomic mass is 16.6. The zero-order valence-electron chi connectivity index (χ0n) is 11.6. The quantitative estimate of drug-likeness (QED) is 0.682. The molecule has 1 aromatic heterocycles. The van der Waals surface area contributed by atoms with Crippen LogP contribution < -0.4 is 5.32 Å². The Kier molecular flexibility index (Phi) is 4.09. The molecule has 0 atom stereocenters. The van der Waals surface area contributed by atoms with Crippen LogP contribution in [-0.2, 0) is 6.54 Å². The van der Waals surface area contributed by atoms with Gasteiger partial charge >= 0.3 is 0 Å². The van der Waals surface area contributed by atoms with E-state index < -0.39 is 4.92 Å². The third-order valence-electron chi connectivity index (χ3n) is 3.02. The van der Waals surface area contributed by atoms with E-state index in [0.717, 1.165) is 5.56 Å². The Bertz CT molecular complexity index is 737. The lowest BCUT2D eigenvalue weighted by atomic mass is 10.1. The van der Waals surface area contributed by atoms with Gasteiger partial charge in [-0.05, 0) is 25.5 Å². The Morgan fingerprint density at radius 1 is 1.38 bits per heavy atom. The fraction of sp³-hybridized carbons (Fsp3) is 0.214. The summed E-state index contributed by atoms with van der Waals surface area (Å²) in [5, 5.41) is 22.8. The molecule has 7 heteroatoms. The third-order valence-corrected chi connectivity index (χ3v) is 3.02. The molecule has 1 N–H and O–H groups in total. The molecule has 1 heterocycles. The van der Waals surface area contributed by atoms with Gasteiger partial charge in [0.15, 0.2) is 0 Å². The zero-order valence-corrected chi connectivity index (χ0v) is 11.6. The average molecular weight is 283 g/mol. The average Bonchev–Trinajstić information content (AvgIpc) is 2.45. The Hall–Kier alpha value is -3.01.